The molecule has 1 fully saturated rings. The van der Waals surface area contributed by atoms with Gasteiger partial charge >= 0.3 is 5.97 Å². The Bertz CT molecular complexity index is 1310. The van der Waals surface area contributed by atoms with Crippen LogP contribution in [-0.4, -0.2) is 34.3 Å². The number of aliphatic hydroxyl groups is 1. The van der Waals surface area contributed by atoms with Gasteiger partial charge in [0.2, 0.25) is 0 Å². The lowest BCUT2D eigenvalue weighted by Gasteiger charge is -2.24. The summed E-state index contributed by atoms with van der Waals surface area (Å²) in [6.07, 6.45) is 8.61. The number of hydrogen-bond acceptors (Lipinski definition) is 3. The van der Waals surface area contributed by atoms with Crippen molar-refractivity contribution in [2.24, 2.45) is 0 Å². The molecule has 2 heterocycles. The van der Waals surface area contributed by atoms with E-state index in [1.54, 1.807) is 0 Å². The second kappa shape index (κ2) is 9.24. The summed E-state index contributed by atoms with van der Waals surface area (Å²) in [5.74, 6) is 0.113. The molecule has 2 aromatic heterocycles. The van der Waals surface area contributed by atoms with Gasteiger partial charge in [0.25, 0.3) is 0 Å². The van der Waals surface area contributed by atoms with Gasteiger partial charge < -0.3 is 19.4 Å². The van der Waals surface area contributed by atoms with E-state index >= 15 is 0 Å². The van der Waals surface area contributed by atoms with Gasteiger partial charge in [-0.2, -0.15) is 0 Å². The average molecular weight is 465 g/mol. The van der Waals surface area contributed by atoms with E-state index < -0.39 is 0 Å². The van der Waals surface area contributed by atoms with Gasteiger partial charge in [-0.3, -0.25) is 0 Å². The van der Waals surface area contributed by atoms with Crippen LogP contribution < -0.4 is 0 Å². The van der Waals surface area contributed by atoms with Crippen molar-refractivity contribution in [1.82, 2.24) is 9.55 Å². The normalized spacial score (nSPS) is 14.9. The molecule has 33 heavy (non-hydrogen) atoms. The highest BCUT2D eigenvalue weighted by atomic mass is 35.5. The number of aromatic amines is 1. The Balaban J connectivity index is 1.85. The van der Waals surface area contributed by atoms with Crippen molar-refractivity contribution in [3.63, 3.8) is 0 Å². The highest BCUT2D eigenvalue weighted by Gasteiger charge is 2.28. The molecule has 2 aromatic carbocycles. The first kappa shape index (κ1) is 22.1. The maximum Gasteiger partial charge on any atom is 0.337 e. The van der Waals surface area contributed by atoms with Gasteiger partial charge in [0.1, 0.15) is 0 Å². The summed E-state index contributed by atoms with van der Waals surface area (Å²) in [5.41, 5.74) is 6.18. The number of aromatic nitrogens is 2. The van der Waals surface area contributed by atoms with Crippen LogP contribution in [0.1, 0.15) is 60.4 Å². The van der Waals surface area contributed by atoms with E-state index in [0.717, 1.165) is 45.5 Å². The smallest absolute Gasteiger partial charge is 0.337 e. The molecule has 0 spiro atoms. The molecule has 0 radical (unpaired) electrons. The molecule has 0 saturated heterocycles. The van der Waals surface area contributed by atoms with Crippen LogP contribution in [0, 0.1) is 0 Å². The van der Waals surface area contributed by atoms with Gasteiger partial charge in [-0.05, 0) is 61.1 Å². The average Bonchev–Trinajstić information content (AvgIpc) is 3.47. The number of ether oxygens (including phenoxy) is 1. The van der Waals surface area contributed by atoms with Gasteiger partial charge in [0.05, 0.1) is 23.9 Å². The summed E-state index contributed by atoms with van der Waals surface area (Å²) in [5, 5.41) is 12.6. The Hall–Kier alpha value is -2.76. The second-order valence-electron chi connectivity index (χ2n) is 8.91. The fourth-order valence-electron chi connectivity index (χ4n) is 5.50. The quantitative estimate of drug-likeness (QED) is 0.313. The van der Waals surface area contributed by atoms with Crippen molar-refractivity contribution >= 4 is 39.4 Å². The van der Waals surface area contributed by atoms with Crippen molar-refractivity contribution < 1.29 is 14.6 Å². The zero-order valence-electron chi connectivity index (χ0n) is 18.9. The third kappa shape index (κ3) is 3.83. The zero-order chi connectivity index (χ0) is 22.9. The highest BCUT2D eigenvalue weighted by Crippen LogP contribution is 2.46. The minimum Gasteiger partial charge on any atom is -0.465 e. The van der Waals surface area contributed by atoms with Crippen LogP contribution in [0.5, 0.6) is 0 Å². The number of rotatable bonds is 6. The molecule has 1 aliphatic rings. The molecule has 1 saturated carbocycles. The van der Waals surface area contributed by atoms with Gasteiger partial charge in [-0.1, -0.05) is 36.9 Å². The van der Waals surface area contributed by atoms with E-state index in [-0.39, 0.29) is 12.6 Å². The van der Waals surface area contributed by atoms with Crippen molar-refractivity contribution in [3.05, 3.63) is 58.7 Å². The molecule has 0 aliphatic heterocycles. The number of carbonyl (C=O) groups excluding carboxylic acids is 1. The second-order valence-corrected chi connectivity index (χ2v) is 9.32. The lowest BCUT2D eigenvalue weighted by atomic mass is 9.81. The van der Waals surface area contributed by atoms with E-state index in [1.165, 1.54) is 37.3 Å². The molecule has 0 unspecified atom stereocenters. The molecule has 0 amide bonds. The largest absolute Gasteiger partial charge is 0.465 e. The number of hydrogen-bond donors (Lipinski definition) is 2. The molecule has 172 valence electrons. The van der Waals surface area contributed by atoms with Crippen LogP contribution in [-0.2, 0) is 11.3 Å². The van der Waals surface area contributed by atoms with Crippen molar-refractivity contribution in [2.45, 2.75) is 51.0 Å². The number of esters is 1. The lowest BCUT2D eigenvalue weighted by molar-refractivity contribution is 0.0601. The molecular weight excluding hydrogens is 436 g/mol. The van der Waals surface area contributed by atoms with Crippen molar-refractivity contribution in [3.8, 4) is 11.3 Å². The van der Waals surface area contributed by atoms with E-state index in [0.29, 0.717) is 24.4 Å². The van der Waals surface area contributed by atoms with Gasteiger partial charge in [-0.15, -0.1) is 0 Å². The number of fused-ring (bicyclic) bond motifs is 2. The number of carbonyl (C=O) groups is 1. The fourth-order valence-corrected chi connectivity index (χ4v) is 5.72. The van der Waals surface area contributed by atoms with Crippen LogP contribution in [0.4, 0.5) is 0 Å². The number of H-pyrrole nitrogens is 1. The molecule has 6 heteroatoms. The van der Waals surface area contributed by atoms with Gasteiger partial charge in [-0.25, -0.2) is 4.79 Å². The summed E-state index contributed by atoms with van der Waals surface area (Å²) in [6.45, 7) is 0.762. The molecule has 2 N–H and O–H groups in total. The molecule has 1 aliphatic carbocycles. The molecule has 0 atom stereocenters. The molecule has 4 aromatic rings. The zero-order valence-corrected chi connectivity index (χ0v) is 19.6. The first-order valence-electron chi connectivity index (χ1n) is 11.7. The number of methoxy groups -OCH3 is 1. The monoisotopic (exact) mass is 464 g/mol. The Labute approximate surface area is 198 Å². The minimum atomic E-state index is -0.342. The molecular formula is C27H29ClN2O3. The van der Waals surface area contributed by atoms with E-state index in [9.17, 15) is 9.90 Å². The maximum absolute atomic E-state index is 12.3. The summed E-state index contributed by atoms with van der Waals surface area (Å²) < 4.78 is 7.28. The highest BCUT2D eigenvalue weighted by molar-refractivity contribution is 6.36. The summed E-state index contributed by atoms with van der Waals surface area (Å²) >= 11 is 6.51. The predicted octanol–water partition coefficient (Wildman–Crippen LogP) is 6.66. The topological polar surface area (TPSA) is 67.2 Å². The van der Waals surface area contributed by atoms with E-state index in [2.05, 4.69) is 21.7 Å². The van der Waals surface area contributed by atoms with Crippen LogP contribution in [0.3, 0.4) is 0 Å². The Morgan fingerprint density at radius 1 is 1.15 bits per heavy atom. The molecule has 5 rings (SSSR count). The Morgan fingerprint density at radius 3 is 2.73 bits per heavy atom. The first-order valence-corrected chi connectivity index (χ1v) is 12.1. The third-order valence-corrected chi connectivity index (χ3v) is 7.33. The summed E-state index contributed by atoms with van der Waals surface area (Å²) in [4.78, 5) is 15.7. The van der Waals surface area contributed by atoms with Crippen LogP contribution >= 0.6 is 11.6 Å². The minimum absolute atomic E-state index is 0.104. The van der Waals surface area contributed by atoms with E-state index in [1.807, 2.05) is 30.5 Å². The maximum atomic E-state index is 12.3. The number of aryl methyl sites for hydroxylation is 1. The van der Waals surface area contributed by atoms with Gasteiger partial charge in [0, 0.05) is 46.2 Å². The number of nitrogens with zero attached hydrogens (tertiary/aromatic N) is 1. The van der Waals surface area contributed by atoms with Crippen LogP contribution in [0.15, 0.2) is 42.6 Å². The third-order valence-electron chi connectivity index (χ3n) is 7.00. The predicted molar refractivity (Wildman–Crippen MR) is 133 cm³/mol. The standard InChI is InChI=1S/C27H29ClN2O3/c1-33-27(32)18-8-9-20-23(16-18)30(14-5-15-31)26(24(20)17-6-3-2-4-7-17)21-10-11-22(28)19-12-13-29-25(19)21/h8-13,16-17,29,31H,2-7,14-15H2,1H3. The first-order chi connectivity index (χ1) is 16.1. The van der Waals surface area contributed by atoms with E-state index in [4.69, 9.17) is 16.3 Å². The number of halogens is 1. The fraction of sp³-hybridized carbons (Fsp3) is 0.370. The van der Waals surface area contributed by atoms with Crippen LogP contribution in [0.2, 0.25) is 5.02 Å². The van der Waals surface area contributed by atoms with Crippen LogP contribution in [0.25, 0.3) is 33.1 Å². The number of aliphatic hydroxyl groups excluding tert-OH is 1. The molecule has 5 nitrogen and oxygen atoms in total. The van der Waals surface area contributed by atoms with Crippen molar-refractivity contribution in [1.29, 1.82) is 0 Å². The number of nitrogens with one attached hydrogen (secondary N) is 1. The molecule has 0 bridgehead atoms. The van der Waals surface area contributed by atoms with Crippen molar-refractivity contribution in [2.75, 3.05) is 13.7 Å². The van der Waals surface area contributed by atoms with Gasteiger partial charge in [0.15, 0.2) is 0 Å². The summed E-state index contributed by atoms with van der Waals surface area (Å²) in [7, 11) is 1.41. The Kier molecular flexibility index (Phi) is 6.17. The number of benzene rings is 2. The lowest BCUT2D eigenvalue weighted by Crippen LogP contribution is -2.08. The Morgan fingerprint density at radius 2 is 1.97 bits per heavy atom. The summed E-state index contributed by atoms with van der Waals surface area (Å²) in [6, 6.07) is 12.0. The SMILES string of the molecule is COC(=O)c1ccc2c(C3CCCCC3)c(-c3ccc(Cl)c4cc[nH]c34)n(CCCO)c2c1.